The minimum absolute atomic E-state index is 0.512. The van der Waals surface area contributed by atoms with Crippen molar-refractivity contribution in [3.05, 3.63) is 43.8 Å². The fourth-order valence-corrected chi connectivity index (χ4v) is 2.91. The van der Waals surface area contributed by atoms with Gasteiger partial charge in [-0.25, -0.2) is 4.98 Å². The molecule has 0 aliphatic rings. The number of hydrogen-bond acceptors (Lipinski definition) is 3. The van der Waals surface area contributed by atoms with E-state index in [1.165, 1.54) is 4.88 Å². The van der Waals surface area contributed by atoms with Crippen molar-refractivity contribution in [1.82, 2.24) is 4.98 Å². The van der Waals surface area contributed by atoms with E-state index in [9.17, 15) is 0 Å². The number of nitrogens with zero attached hydrogens (tertiary/aromatic N) is 1. The Morgan fingerprint density at radius 1 is 1.56 bits per heavy atom. The molecule has 0 saturated carbocycles. The maximum atomic E-state index is 5.99. The van der Waals surface area contributed by atoms with E-state index in [0.29, 0.717) is 5.15 Å². The predicted octanol–water partition coefficient (Wildman–Crippen LogP) is 4.48. The van der Waals surface area contributed by atoms with Crippen LogP contribution in [0, 0.1) is 6.92 Å². The van der Waals surface area contributed by atoms with E-state index in [-0.39, 0.29) is 0 Å². The highest BCUT2D eigenvalue weighted by Crippen LogP contribution is 2.25. The second-order valence-corrected chi connectivity index (χ2v) is 5.61. The first kappa shape index (κ1) is 11.9. The maximum absolute atomic E-state index is 5.99. The van der Waals surface area contributed by atoms with E-state index in [4.69, 9.17) is 11.6 Å². The summed E-state index contributed by atoms with van der Waals surface area (Å²) in [5.41, 5.74) is 1.97. The summed E-state index contributed by atoms with van der Waals surface area (Å²) in [6.07, 6.45) is 1.76. The molecular weight excluding hydrogens is 308 g/mol. The molecule has 0 aromatic carbocycles. The molecule has 2 nitrogen and oxygen atoms in total. The molecule has 0 aliphatic carbocycles. The lowest BCUT2D eigenvalue weighted by molar-refractivity contribution is 1.16. The van der Waals surface area contributed by atoms with Crippen molar-refractivity contribution in [1.29, 1.82) is 0 Å². The number of nitrogens with one attached hydrogen (secondary N) is 1. The summed E-state index contributed by atoms with van der Waals surface area (Å²) in [6, 6.07) is 4.04. The molecule has 0 radical (unpaired) electrons. The lowest BCUT2D eigenvalue weighted by Gasteiger charge is -2.07. The quantitative estimate of drug-likeness (QED) is 0.844. The van der Waals surface area contributed by atoms with E-state index in [2.05, 4.69) is 31.6 Å². The number of aromatic nitrogens is 1. The molecular formula is C11H10BrClN2S. The van der Waals surface area contributed by atoms with Gasteiger partial charge in [-0.05, 0) is 45.9 Å². The van der Waals surface area contributed by atoms with E-state index in [1.807, 2.05) is 19.1 Å². The Hall–Kier alpha value is -0.580. The summed E-state index contributed by atoms with van der Waals surface area (Å²) in [4.78, 5) is 5.34. The summed E-state index contributed by atoms with van der Waals surface area (Å²) in [5.74, 6) is 0. The third-order valence-electron chi connectivity index (χ3n) is 2.11. The molecule has 5 heteroatoms. The number of hydrogen-bond donors (Lipinski definition) is 1. The van der Waals surface area contributed by atoms with Gasteiger partial charge < -0.3 is 5.32 Å². The maximum Gasteiger partial charge on any atom is 0.152 e. The average molecular weight is 318 g/mol. The van der Waals surface area contributed by atoms with E-state index >= 15 is 0 Å². The molecule has 84 valence electrons. The van der Waals surface area contributed by atoms with Gasteiger partial charge in [0, 0.05) is 15.5 Å². The van der Waals surface area contributed by atoms with Crippen LogP contribution in [0.1, 0.15) is 10.4 Å². The first-order valence-corrected chi connectivity index (χ1v) is 6.80. The molecule has 0 saturated heterocycles. The van der Waals surface area contributed by atoms with Crippen LogP contribution in [0.5, 0.6) is 0 Å². The van der Waals surface area contributed by atoms with Gasteiger partial charge in [-0.3, -0.25) is 0 Å². The van der Waals surface area contributed by atoms with Crippen LogP contribution in [0.2, 0.25) is 5.15 Å². The van der Waals surface area contributed by atoms with Gasteiger partial charge in [0.05, 0.1) is 12.2 Å². The van der Waals surface area contributed by atoms with Crippen LogP contribution in [0.4, 0.5) is 5.69 Å². The topological polar surface area (TPSA) is 24.9 Å². The second-order valence-electron chi connectivity index (χ2n) is 3.40. The second kappa shape index (κ2) is 5.17. The molecule has 2 rings (SSSR count). The number of thiophene rings is 1. The molecule has 0 amide bonds. The van der Waals surface area contributed by atoms with Crippen molar-refractivity contribution in [3.8, 4) is 0 Å². The third-order valence-corrected chi connectivity index (χ3v) is 4.33. The van der Waals surface area contributed by atoms with Gasteiger partial charge in [0.25, 0.3) is 0 Å². The van der Waals surface area contributed by atoms with E-state index < -0.39 is 0 Å². The van der Waals surface area contributed by atoms with Gasteiger partial charge in [-0.2, -0.15) is 0 Å². The SMILES string of the molecule is Cc1cnc(Cl)c(NCc2sccc2Br)c1. The van der Waals surface area contributed by atoms with Gasteiger partial charge in [0.15, 0.2) is 5.15 Å². The van der Waals surface area contributed by atoms with Gasteiger partial charge >= 0.3 is 0 Å². The van der Waals surface area contributed by atoms with Crippen LogP contribution >= 0.6 is 38.9 Å². The zero-order valence-corrected chi connectivity index (χ0v) is 11.8. The monoisotopic (exact) mass is 316 g/mol. The van der Waals surface area contributed by atoms with Crippen LogP contribution in [0.15, 0.2) is 28.2 Å². The van der Waals surface area contributed by atoms with Crippen molar-refractivity contribution in [2.75, 3.05) is 5.32 Å². The minimum Gasteiger partial charge on any atom is -0.378 e. The summed E-state index contributed by atoms with van der Waals surface area (Å²) < 4.78 is 1.13. The summed E-state index contributed by atoms with van der Waals surface area (Å²) in [7, 11) is 0. The fraction of sp³-hybridized carbons (Fsp3) is 0.182. The predicted molar refractivity (Wildman–Crippen MR) is 73.3 cm³/mol. The molecule has 2 heterocycles. The molecule has 0 spiro atoms. The first-order valence-electron chi connectivity index (χ1n) is 4.74. The van der Waals surface area contributed by atoms with Gasteiger partial charge in [-0.1, -0.05) is 11.6 Å². The Balaban J connectivity index is 2.10. The van der Waals surface area contributed by atoms with Crippen molar-refractivity contribution >= 4 is 44.6 Å². The number of aryl methyl sites for hydroxylation is 1. The molecule has 0 atom stereocenters. The molecule has 1 N–H and O–H groups in total. The smallest absolute Gasteiger partial charge is 0.152 e. The van der Waals surface area contributed by atoms with Crippen molar-refractivity contribution in [3.63, 3.8) is 0 Å². The molecule has 0 aliphatic heterocycles. The van der Waals surface area contributed by atoms with Crippen LogP contribution in [-0.2, 0) is 6.54 Å². The highest BCUT2D eigenvalue weighted by Gasteiger charge is 2.04. The minimum atomic E-state index is 0.512. The van der Waals surface area contributed by atoms with Crippen LogP contribution in [0.25, 0.3) is 0 Å². The van der Waals surface area contributed by atoms with Crippen LogP contribution in [-0.4, -0.2) is 4.98 Å². The Labute approximate surface area is 112 Å². The summed E-state index contributed by atoms with van der Waals surface area (Å²) in [5, 5.41) is 5.85. The van der Waals surface area contributed by atoms with Gasteiger partial charge in [0.2, 0.25) is 0 Å². The third kappa shape index (κ3) is 2.75. The van der Waals surface area contributed by atoms with Crippen LogP contribution in [0.3, 0.4) is 0 Å². The standard InChI is InChI=1S/C11H10BrClN2S/c1-7-4-9(11(13)15-5-7)14-6-10-8(12)2-3-16-10/h2-5,14H,6H2,1H3. The van der Waals surface area contributed by atoms with Crippen LogP contribution < -0.4 is 5.32 Å². The van der Waals surface area contributed by atoms with Gasteiger partial charge in [-0.15, -0.1) is 11.3 Å². The number of halogens is 2. The molecule has 2 aromatic heterocycles. The van der Waals surface area contributed by atoms with E-state index in [1.54, 1.807) is 17.5 Å². The highest BCUT2D eigenvalue weighted by atomic mass is 79.9. The van der Waals surface area contributed by atoms with Crippen molar-refractivity contribution < 1.29 is 0 Å². The zero-order chi connectivity index (χ0) is 11.5. The highest BCUT2D eigenvalue weighted by molar-refractivity contribution is 9.10. The lowest BCUT2D eigenvalue weighted by atomic mass is 10.3. The first-order chi connectivity index (χ1) is 7.66. The Morgan fingerprint density at radius 3 is 3.06 bits per heavy atom. The lowest BCUT2D eigenvalue weighted by Crippen LogP contribution is -2.00. The number of rotatable bonds is 3. The Bertz CT molecular complexity index is 498. The molecule has 0 unspecified atom stereocenters. The number of anilines is 1. The van der Waals surface area contributed by atoms with E-state index in [0.717, 1.165) is 22.3 Å². The Morgan fingerprint density at radius 2 is 2.38 bits per heavy atom. The van der Waals surface area contributed by atoms with Crippen molar-refractivity contribution in [2.24, 2.45) is 0 Å². The average Bonchev–Trinajstić information content (AvgIpc) is 2.66. The summed E-state index contributed by atoms with van der Waals surface area (Å²) >= 11 is 11.2. The largest absolute Gasteiger partial charge is 0.378 e. The van der Waals surface area contributed by atoms with Gasteiger partial charge in [0.1, 0.15) is 0 Å². The number of pyridine rings is 1. The van der Waals surface area contributed by atoms with Crippen molar-refractivity contribution in [2.45, 2.75) is 13.5 Å². The molecule has 16 heavy (non-hydrogen) atoms. The molecule has 0 fully saturated rings. The Kier molecular flexibility index (Phi) is 3.84. The molecule has 0 bridgehead atoms. The normalized spacial score (nSPS) is 10.4. The molecule has 2 aromatic rings. The zero-order valence-electron chi connectivity index (χ0n) is 8.63. The fourth-order valence-electron chi connectivity index (χ4n) is 1.30. The summed E-state index contributed by atoms with van der Waals surface area (Å²) in [6.45, 7) is 2.75.